The molecule has 0 unspecified atom stereocenters. The number of anilines is 1. The Labute approximate surface area is 127 Å². The minimum absolute atomic E-state index is 0.255. The maximum atomic E-state index is 3.51. The molecule has 1 heterocycles. The zero-order chi connectivity index (χ0) is 14.6. The van der Waals surface area contributed by atoms with Gasteiger partial charge >= 0.3 is 0 Å². The lowest BCUT2D eigenvalue weighted by atomic mass is 9.95. The predicted molar refractivity (Wildman–Crippen MR) is 90.8 cm³/mol. The van der Waals surface area contributed by atoms with Crippen LogP contribution in [-0.4, -0.2) is 0 Å². The van der Waals surface area contributed by atoms with Gasteiger partial charge in [0.05, 0.1) is 0 Å². The highest BCUT2D eigenvalue weighted by Crippen LogP contribution is 2.29. The number of benzene rings is 1. The first-order chi connectivity index (χ1) is 9.49. The van der Waals surface area contributed by atoms with Crippen LogP contribution in [0.25, 0.3) is 0 Å². The quantitative estimate of drug-likeness (QED) is 0.753. The average molecular weight is 287 g/mol. The van der Waals surface area contributed by atoms with E-state index in [0.29, 0.717) is 0 Å². The van der Waals surface area contributed by atoms with Crippen molar-refractivity contribution in [3.05, 3.63) is 51.7 Å². The van der Waals surface area contributed by atoms with E-state index in [4.69, 9.17) is 0 Å². The van der Waals surface area contributed by atoms with Crippen LogP contribution in [0.5, 0.6) is 0 Å². The molecule has 1 aromatic carbocycles. The fourth-order valence-electron chi connectivity index (χ4n) is 2.14. The summed E-state index contributed by atoms with van der Waals surface area (Å²) in [6.45, 7) is 9.93. The average Bonchev–Trinajstić information content (AvgIpc) is 2.87. The van der Waals surface area contributed by atoms with Crippen molar-refractivity contribution in [2.75, 3.05) is 5.32 Å². The van der Waals surface area contributed by atoms with Crippen LogP contribution in [0, 0.1) is 0 Å². The van der Waals surface area contributed by atoms with Crippen LogP contribution in [-0.2, 0) is 18.4 Å². The van der Waals surface area contributed by atoms with Crippen molar-refractivity contribution in [2.24, 2.45) is 0 Å². The zero-order valence-electron chi connectivity index (χ0n) is 13.0. The lowest BCUT2D eigenvalue weighted by Crippen LogP contribution is -2.07. The molecule has 0 atom stereocenters. The molecule has 0 saturated carbocycles. The van der Waals surface area contributed by atoms with Crippen molar-refractivity contribution in [1.82, 2.24) is 0 Å². The van der Waals surface area contributed by atoms with Gasteiger partial charge in [0.1, 0.15) is 0 Å². The van der Waals surface area contributed by atoms with Gasteiger partial charge in [-0.15, -0.1) is 11.3 Å². The van der Waals surface area contributed by atoms with Crippen molar-refractivity contribution in [1.29, 1.82) is 0 Å². The normalized spacial score (nSPS) is 11.6. The number of nitrogens with one attached hydrogen (secondary N) is 1. The maximum absolute atomic E-state index is 3.51. The third kappa shape index (κ3) is 4.11. The van der Waals surface area contributed by atoms with Gasteiger partial charge < -0.3 is 5.32 Å². The molecule has 1 aromatic heterocycles. The number of thiophene rings is 1. The van der Waals surface area contributed by atoms with Gasteiger partial charge in [-0.2, -0.15) is 0 Å². The monoisotopic (exact) mass is 287 g/mol. The van der Waals surface area contributed by atoms with Crippen LogP contribution in [0.15, 0.2) is 36.4 Å². The second kappa shape index (κ2) is 6.45. The van der Waals surface area contributed by atoms with E-state index in [1.165, 1.54) is 33.8 Å². The van der Waals surface area contributed by atoms with Crippen molar-refractivity contribution in [3.63, 3.8) is 0 Å². The molecule has 0 aliphatic heterocycles. The molecule has 0 bridgehead atoms. The van der Waals surface area contributed by atoms with Crippen LogP contribution in [0.2, 0.25) is 0 Å². The Balaban J connectivity index is 1.93. The summed E-state index contributed by atoms with van der Waals surface area (Å²) in [5.41, 5.74) is 2.88. The van der Waals surface area contributed by atoms with E-state index in [0.717, 1.165) is 6.54 Å². The minimum atomic E-state index is 0.255. The van der Waals surface area contributed by atoms with Crippen LogP contribution < -0.4 is 5.32 Å². The van der Waals surface area contributed by atoms with E-state index in [9.17, 15) is 0 Å². The third-order valence-corrected chi connectivity index (χ3v) is 4.87. The van der Waals surface area contributed by atoms with E-state index in [2.05, 4.69) is 69.4 Å². The summed E-state index contributed by atoms with van der Waals surface area (Å²) < 4.78 is 0. The molecule has 108 valence electrons. The third-order valence-electron chi connectivity index (χ3n) is 3.36. The smallest absolute Gasteiger partial charge is 0.0494 e. The topological polar surface area (TPSA) is 12.0 Å². The molecule has 0 amide bonds. The summed E-state index contributed by atoms with van der Waals surface area (Å²) in [5, 5.41) is 3.51. The second-order valence-corrected chi connectivity index (χ2v) is 7.48. The molecule has 0 fully saturated rings. The summed E-state index contributed by atoms with van der Waals surface area (Å²) in [6.07, 6.45) is 2.37. The van der Waals surface area contributed by atoms with Gasteiger partial charge in [-0.3, -0.25) is 0 Å². The Morgan fingerprint density at radius 3 is 2.25 bits per heavy atom. The maximum Gasteiger partial charge on any atom is 0.0494 e. The van der Waals surface area contributed by atoms with Gasteiger partial charge in [-0.25, -0.2) is 0 Å². The fraction of sp³-hybridized carbons (Fsp3) is 0.444. The van der Waals surface area contributed by atoms with Crippen molar-refractivity contribution in [3.8, 4) is 0 Å². The zero-order valence-corrected chi connectivity index (χ0v) is 13.8. The van der Waals surface area contributed by atoms with Crippen molar-refractivity contribution < 1.29 is 0 Å². The molecular formula is C18H25NS. The van der Waals surface area contributed by atoms with Gasteiger partial charge in [0.25, 0.3) is 0 Å². The Kier molecular flexibility index (Phi) is 4.87. The highest BCUT2D eigenvalue weighted by molar-refractivity contribution is 7.12. The summed E-state index contributed by atoms with van der Waals surface area (Å²) >= 11 is 1.91. The first-order valence-electron chi connectivity index (χ1n) is 7.41. The highest BCUT2D eigenvalue weighted by Gasteiger charge is 2.15. The van der Waals surface area contributed by atoms with Gasteiger partial charge in [0, 0.05) is 22.0 Å². The molecule has 0 saturated heterocycles. The van der Waals surface area contributed by atoms with Gasteiger partial charge in [0.15, 0.2) is 0 Å². The lowest BCUT2D eigenvalue weighted by Gasteiger charge is -2.15. The molecule has 0 radical (unpaired) electrons. The van der Waals surface area contributed by atoms with E-state index < -0.39 is 0 Å². The second-order valence-electron chi connectivity index (χ2n) is 6.32. The standard InChI is InChI=1S/C18H25NS/c1-5-6-14-7-9-15(10-8-14)19-13-16-11-12-17(20-16)18(2,3)4/h7-12,19H,5-6,13H2,1-4H3. The Bertz CT molecular complexity index is 531. The summed E-state index contributed by atoms with van der Waals surface area (Å²) in [7, 11) is 0. The Morgan fingerprint density at radius 1 is 1.00 bits per heavy atom. The largest absolute Gasteiger partial charge is 0.380 e. The number of hydrogen-bond acceptors (Lipinski definition) is 2. The van der Waals surface area contributed by atoms with E-state index in [-0.39, 0.29) is 5.41 Å². The van der Waals surface area contributed by atoms with Gasteiger partial charge in [-0.1, -0.05) is 46.2 Å². The van der Waals surface area contributed by atoms with E-state index in [1.54, 1.807) is 0 Å². The van der Waals surface area contributed by atoms with Crippen LogP contribution in [0.1, 0.15) is 49.4 Å². The van der Waals surface area contributed by atoms with Crippen LogP contribution in [0.4, 0.5) is 5.69 Å². The fourth-order valence-corrected chi connectivity index (χ4v) is 3.15. The lowest BCUT2D eigenvalue weighted by molar-refractivity contribution is 0.604. The SMILES string of the molecule is CCCc1ccc(NCc2ccc(C(C)(C)C)s2)cc1. The summed E-state index contributed by atoms with van der Waals surface area (Å²) in [5.74, 6) is 0. The molecule has 2 rings (SSSR count). The first-order valence-corrected chi connectivity index (χ1v) is 8.22. The van der Waals surface area contributed by atoms with Gasteiger partial charge in [-0.05, 0) is 41.7 Å². The van der Waals surface area contributed by atoms with Crippen molar-refractivity contribution >= 4 is 17.0 Å². The molecule has 2 aromatic rings. The first kappa shape index (κ1) is 15.1. The Morgan fingerprint density at radius 2 is 1.70 bits per heavy atom. The van der Waals surface area contributed by atoms with Crippen molar-refractivity contribution in [2.45, 2.75) is 52.5 Å². The molecule has 0 spiro atoms. The minimum Gasteiger partial charge on any atom is -0.380 e. The molecule has 1 nitrogen and oxygen atoms in total. The molecule has 2 heteroatoms. The Hall–Kier alpha value is -1.28. The highest BCUT2D eigenvalue weighted by atomic mass is 32.1. The molecule has 0 aliphatic rings. The molecule has 1 N–H and O–H groups in total. The number of rotatable bonds is 5. The molecule has 20 heavy (non-hydrogen) atoms. The van der Waals surface area contributed by atoms with Crippen LogP contribution in [0.3, 0.4) is 0 Å². The van der Waals surface area contributed by atoms with E-state index >= 15 is 0 Å². The number of hydrogen-bond donors (Lipinski definition) is 1. The van der Waals surface area contributed by atoms with Crippen LogP contribution >= 0.6 is 11.3 Å². The number of aryl methyl sites for hydroxylation is 1. The predicted octanol–water partition coefficient (Wildman–Crippen LogP) is 5.61. The van der Waals surface area contributed by atoms with E-state index in [1.807, 2.05) is 11.3 Å². The summed E-state index contributed by atoms with van der Waals surface area (Å²) in [6, 6.07) is 13.3. The molecular weight excluding hydrogens is 262 g/mol. The van der Waals surface area contributed by atoms with Gasteiger partial charge in [0.2, 0.25) is 0 Å². The molecule has 0 aliphatic carbocycles. The summed E-state index contributed by atoms with van der Waals surface area (Å²) in [4.78, 5) is 2.85.